The smallest absolute Gasteiger partial charge is 0.343 e. The Kier molecular flexibility index (Phi) is 12.5. The van der Waals surface area contributed by atoms with Crippen LogP contribution in [0.15, 0.2) is 95.2 Å². The molecule has 0 saturated carbocycles. The molecule has 0 unspecified atom stereocenters. The third kappa shape index (κ3) is 9.88. The molecule has 4 aromatic rings. The van der Waals surface area contributed by atoms with Gasteiger partial charge in [0.25, 0.3) is 0 Å². The summed E-state index contributed by atoms with van der Waals surface area (Å²) >= 11 is 0. The number of hydrogen-bond acceptors (Lipinski definition) is 6. The Hall–Kier alpha value is -4.32. The number of rotatable bonds is 17. The summed E-state index contributed by atoms with van der Waals surface area (Å²) in [7, 11) is 0. The van der Waals surface area contributed by atoms with Crippen LogP contribution in [0, 0.1) is 0 Å². The number of benzene rings is 4. The minimum atomic E-state index is -0.439. The maximum absolute atomic E-state index is 13.0. The van der Waals surface area contributed by atoms with Crippen LogP contribution in [0.2, 0.25) is 0 Å². The van der Waals surface area contributed by atoms with Crippen LogP contribution in [0.5, 0.6) is 11.5 Å². The van der Waals surface area contributed by atoms with Crippen molar-refractivity contribution in [2.24, 2.45) is 10.2 Å². The van der Waals surface area contributed by atoms with E-state index in [-0.39, 0.29) is 5.78 Å². The molecule has 4 aromatic carbocycles. The topological polar surface area (TPSA) is 77.3 Å². The molecule has 224 valence electrons. The van der Waals surface area contributed by atoms with Gasteiger partial charge in [0.15, 0.2) is 5.78 Å². The molecular weight excluding hydrogens is 536 g/mol. The van der Waals surface area contributed by atoms with Gasteiger partial charge in [-0.1, -0.05) is 89.0 Å². The molecule has 0 amide bonds. The molecule has 0 aliphatic rings. The van der Waals surface area contributed by atoms with Crippen molar-refractivity contribution in [2.45, 2.75) is 78.1 Å². The second kappa shape index (κ2) is 17.0. The quantitative estimate of drug-likeness (QED) is 0.0410. The highest BCUT2D eigenvalue weighted by molar-refractivity contribution is 6.00. The molecule has 6 nitrogen and oxygen atoms in total. The monoisotopic (exact) mass is 578 g/mol. The average Bonchev–Trinajstić information content (AvgIpc) is 3.03. The third-order valence-corrected chi connectivity index (χ3v) is 7.47. The molecule has 0 heterocycles. The number of ether oxygens (including phenoxy) is 2. The first-order chi connectivity index (χ1) is 21.0. The van der Waals surface area contributed by atoms with Gasteiger partial charge in [-0.25, -0.2) is 4.79 Å². The zero-order chi connectivity index (χ0) is 30.3. The molecule has 43 heavy (non-hydrogen) atoms. The Morgan fingerprint density at radius 2 is 1.23 bits per heavy atom. The fourth-order valence-electron chi connectivity index (χ4n) is 4.93. The lowest BCUT2D eigenvalue weighted by atomic mass is 10.1. The highest BCUT2D eigenvalue weighted by atomic mass is 16.5. The molecule has 0 atom stereocenters. The number of esters is 1. The lowest BCUT2D eigenvalue weighted by molar-refractivity contribution is 0.0737. The van der Waals surface area contributed by atoms with E-state index >= 15 is 0 Å². The van der Waals surface area contributed by atoms with Gasteiger partial charge in [-0.15, -0.1) is 5.11 Å². The van der Waals surface area contributed by atoms with Crippen molar-refractivity contribution in [1.82, 2.24) is 0 Å². The minimum Gasteiger partial charge on any atom is -0.494 e. The van der Waals surface area contributed by atoms with E-state index in [1.807, 2.05) is 36.4 Å². The number of ketones is 1. The molecule has 6 heteroatoms. The van der Waals surface area contributed by atoms with Crippen LogP contribution in [-0.4, -0.2) is 18.4 Å². The summed E-state index contributed by atoms with van der Waals surface area (Å²) in [5.74, 6) is 0.769. The van der Waals surface area contributed by atoms with E-state index in [4.69, 9.17) is 9.47 Å². The van der Waals surface area contributed by atoms with Gasteiger partial charge in [0, 0.05) is 16.3 Å². The summed E-state index contributed by atoms with van der Waals surface area (Å²) in [6, 6.07) is 25.2. The van der Waals surface area contributed by atoms with Crippen LogP contribution in [0.25, 0.3) is 10.8 Å². The summed E-state index contributed by atoms with van der Waals surface area (Å²) in [6.07, 6.45) is 12.9. The summed E-state index contributed by atoms with van der Waals surface area (Å²) in [6.45, 7) is 4.46. The van der Waals surface area contributed by atoms with Gasteiger partial charge in [0.2, 0.25) is 0 Å². The van der Waals surface area contributed by atoms with Gasteiger partial charge in [-0.3, -0.25) is 4.79 Å². The molecule has 0 aromatic heterocycles. The molecule has 0 bridgehead atoms. The lowest BCUT2D eigenvalue weighted by Gasteiger charge is -2.10. The van der Waals surface area contributed by atoms with Crippen LogP contribution < -0.4 is 9.47 Å². The van der Waals surface area contributed by atoms with Gasteiger partial charge in [0.05, 0.1) is 23.5 Å². The number of azo groups is 1. The highest BCUT2D eigenvalue weighted by Crippen LogP contribution is 2.34. The van der Waals surface area contributed by atoms with E-state index in [9.17, 15) is 9.59 Å². The van der Waals surface area contributed by atoms with E-state index in [0.717, 1.165) is 22.9 Å². The fourth-order valence-corrected chi connectivity index (χ4v) is 4.93. The van der Waals surface area contributed by atoms with Crippen molar-refractivity contribution in [3.63, 3.8) is 0 Å². The molecule has 0 saturated heterocycles. The molecular formula is C37H42N2O4. The van der Waals surface area contributed by atoms with Crippen LogP contribution in [0.3, 0.4) is 0 Å². The Morgan fingerprint density at radius 1 is 0.628 bits per heavy atom. The van der Waals surface area contributed by atoms with Gasteiger partial charge < -0.3 is 9.47 Å². The van der Waals surface area contributed by atoms with Crippen molar-refractivity contribution < 1.29 is 19.1 Å². The van der Waals surface area contributed by atoms with Crippen molar-refractivity contribution in [3.8, 4) is 11.5 Å². The number of carbonyl (C=O) groups excluding carboxylic acids is 2. The zero-order valence-electron chi connectivity index (χ0n) is 25.4. The van der Waals surface area contributed by atoms with E-state index in [1.54, 1.807) is 48.5 Å². The summed E-state index contributed by atoms with van der Waals surface area (Å²) < 4.78 is 11.7. The standard InChI is InChI=1S/C37H42N2O4/c1-3-4-5-6-7-8-9-10-11-14-27-42-32-23-19-30(20-24-32)37(41)43-36-26-25-35(33-15-12-13-16-34(33)36)39-38-31-21-17-29(18-22-31)28(2)40/h12-13,15-26H,3-11,14,27H2,1-2H3. The van der Waals surface area contributed by atoms with Crippen LogP contribution in [0.1, 0.15) is 98.8 Å². The second-order valence-corrected chi connectivity index (χ2v) is 10.9. The SMILES string of the molecule is CCCCCCCCCCCCOc1ccc(C(=O)Oc2ccc(N=Nc3ccc(C(C)=O)cc3)c3ccccc23)cc1. The summed E-state index contributed by atoms with van der Waals surface area (Å²) in [5.41, 5.74) is 2.37. The third-order valence-electron chi connectivity index (χ3n) is 7.47. The maximum atomic E-state index is 13.0. The van der Waals surface area contributed by atoms with E-state index < -0.39 is 5.97 Å². The predicted molar refractivity (Wildman–Crippen MR) is 173 cm³/mol. The number of unbranched alkanes of at least 4 members (excludes halogenated alkanes) is 9. The molecule has 0 N–H and O–H groups in total. The summed E-state index contributed by atoms with van der Waals surface area (Å²) in [5, 5.41) is 10.3. The predicted octanol–water partition coefficient (Wildman–Crippen LogP) is 11.0. The Balaban J connectivity index is 1.27. The first-order valence-corrected chi connectivity index (χ1v) is 15.5. The van der Waals surface area contributed by atoms with Gasteiger partial charge >= 0.3 is 5.97 Å². The number of nitrogens with zero attached hydrogens (tertiary/aromatic N) is 2. The zero-order valence-corrected chi connectivity index (χ0v) is 25.4. The largest absolute Gasteiger partial charge is 0.494 e. The molecule has 0 aliphatic heterocycles. The number of fused-ring (bicyclic) bond motifs is 1. The summed E-state index contributed by atoms with van der Waals surface area (Å²) in [4.78, 5) is 24.5. The highest BCUT2D eigenvalue weighted by Gasteiger charge is 2.13. The molecule has 0 fully saturated rings. The van der Waals surface area contributed by atoms with E-state index in [2.05, 4.69) is 17.2 Å². The Labute approximate surface area is 255 Å². The molecule has 0 radical (unpaired) electrons. The van der Waals surface area contributed by atoms with E-state index in [0.29, 0.717) is 34.9 Å². The molecule has 0 spiro atoms. The lowest BCUT2D eigenvalue weighted by Crippen LogP contribution is -2.08. The van der Waals surface area contributed by atoms with E-state index in [1.165, 1.54) is 64.7 Å². The van der Waals surface area contributed by atoms with Gasteiger partial charge in [0.1, 0.15) is 11.5 Å². The Bertz CT molecular complexity index is 1490. The van der Waals surface area contributed by atoms with Crippen LogP contribution in [0.4, 0.5) is 11.4 Å². The van der Waals surface area contributed by atoms with Crippen LogP contribution in [-0.2, 0) is 0 Å². The second-order valence-electron chi connectivity index (χ2n) is 10.9. The van der Waals surface area contributed by atoms with Gasteiger partial charge in [-0.05, 0) is 74.0 Å². The molecule has 0 aliphatic carbocycles. The van der Waals surface area contributed by atoms with Gasteiger partial charge in [-0.2, -0.15) is 5.11 Å². The van der Waals surface area contributed by atoms with Crippen molar-refractivity contribution in [2.75, 3.05) is 6.61 Å². The Morgan fingerprint density at radius 3 is 1.88 bits per heavy atom. The van der Waals surface area contributed by atoms with Crippen LogP contribution >= 0.6 is 0 Å². The number of carbonyl (C=O) groups is 2. The van der Waals surface area contributed by atoms with Crippen molar-refractivity contribution >= 4 is 33.9 Å². The van der Waals surface area contributed by atoms with Crippen molar-refractivity contribution in [3.05, 3.63) is 96.1 Å². The fraction of sp³-hybridized carbons (Fsp3) is 0.351. The number of Topliss-reactive ketones (excluding diaryl/α,β-unsaturated/α-hetero) is 1. The first kappa shape index (κ1) is 31.6. The molecule has 4 rings (SSSR count). The first-order valence-electron chi connectivity index (χ1n) is 15.5. The van der Waals surface area contributed by atoms with Crippen molar-refractivity contribution in [1.29, 1.82) is 0 Å². The number of hydrogen-bond donors (Lipinski definition) is 0. The normalized spacial score (nSPS) is 11.2. The average molecular weight is 579 g/mol. The minimum absolute atomic E-state index is 0.00322. The maximum Gasteiger partial charge on any atom is 0.343 e.